The Hall–Kier alpha value is -0.0800. The third-order valence-electron chi connectivity index (χ3n) is 3.95. The zero-order valence-corrected chi connectivity index (χ0v) is 12.5. The molecule has 0 aliphatic carbocycles. The molecule has 0 aromatic carbocycles. The minimum Gasteiger partial charge on any atom is -0.345 e. The van der Waals surface area contributed by atoms with Crippen LogP contribution in [0.25, 0.3) is 0 Å². The standard InChI is InChI=1S/C15H30O2/c1-7-11(3)9-13-14(10-12(4)8-2)17-15(5,6)16-13/h11-14H,7-10H2,1-6H3/t11?,12?,13-,14-/m0/s1. The SMILES string of the molecule is CCC(C)C[C@@H]1OC(C)(C)O[C@H]1CC(C)CC. The summed E-state index contributed by atoms with van der Waals surface area (Å²) < 4.78 is 12.1. The third-order valence-corrected chi connectivity index (χ3v) is 3.95. The summed E-state index contributed by atoms with van der Waals surface area (Å²) in [7, 11) is 0. The van der Waals surface area contributed by atoms with Crippen LogP contribution in [0.3, 0.4) is 0 Å². The molecule has 1 rings (SSSR count). The van der Waals surface area contributed by atoms with E-state index in [1.54, 1.807) is 0 Å². The number of rotatable bonds is 6. The molecule has 2 nitrogen and oxygen atoms in total. The molecule has 0 amide bonds. The highest BCUT2D eigenvalue weighted by Gasteiger charge is 2.41. The molecule has 0 N–H and O–H groups in total. The topological polar surface area (TPSA) is 18.5 Å². The zero-order valence-electron chi connectivity index (χ0n) is 12.5. The van der Waals surface area contributed by atoms with Crippen LogP contribution in [0.1, 0.15) is 67.2 Å². The van der Waals surface area contributed by atoms with Crippen molar-refractivity contribution in [2.75, 3.05) is 0 Å². The van der Waals surface area contributed by atoms with E-state index in [1.807, 2.05) is 13.8 Å². The first-order chi connectivity index (χ1) is 7.88. The molecule has 1 fully saturated rings. The van der Waals surface area contributed by atoms with Crippen molar-refractivity contribution in [3.63, 3.8) is 0 Å². The monoisotopic (exact) mass is 242 g/mol. The fourth-order valence-corrected chi connectivity index (χ4v) is 2.43. The summed E-state index contributed by atoms with van der Waals surface area (Å²) in [4.78, 5) is 0. The van der Waals surface area contributed by atoms with Gasteiger partial charge < -0.3 is 9.47 Å². The minimum absolute atomic E-state index is 0.286. The predicted octanol–water partition coefficient (Wildman–Crippen LogP) is 4.38. The zero-order chi connectivity index (χ0) is 13.1. The Morgan fingerprint density at radius 2 is 1.24 bits per heavy atom. The van der Waals surface area contributed by atoms with Crippen LogP contribution in [0.5, 0.6) is 0 Å². The van der Waals surface area contributed by atoms with Gasteiger partial charge in [-0.05, 0) is 38.5 Å². The van der Waals surface area contributed by atoms with E-state index in [0.717, 1.165) is 24.7 Å². The van der Waals surface area contributed by atoms with Crippen LogP contribution in [-0.2, 0) is 9.47 Å². The van der Waals surface area contributed by atoms with Crippen LogP contribution >= 0.6 is 0 Å². The lowest BCUT2D eigenvalue weighted by molar-refractivity contribution is -0.148. The van der Waals surface area contributed by atoms with E-state index in [9.17, 15) is 0 Å². The van der Waals surface area contributed by atoms with Crippen molar-refractivity contribution < 1.29 is 9.47 Å². The molecule has 1 saturated heterocycles. The van der Waals surface area contributed by atoms with E-state index in [0.29, 0.717) is 0 Å². The Balaban J connectivity index is 2.58. The van der Waals surface area contributed by atoms with Crippen molar-refractivity contribution in [2.45, 2.75) is 85.2 Å². The van der Waals surface area contributed by atoms with E-state index >= 15 is 0 Å². The molecule has 2 unspecified atom stereocenters. The normalized spacial score (nSPS) is 31.4. The van der Waals surface area contributed by atoms with Gasteiger partial charge in [0, 0.05) is 0 Å². The summed E-state index contributed by atoms with van der Waals surface area (Å²) in [6.07, 6.45) is 5.26. The van der Waals surface area contributed by atoms with Crippen LogP contribution in [0.2, 0.25) is 0 Å². The first-order valence-electron chi connectivity index (χ1n) is 7.23. The van der Waals surface area contributed by atoms with Gasteiger partial charge in [0.25, 0.3) is 0 Å². The molecule has 2 heteroatoms. The van der Waals surface area contributed by atoms with Gasteiger partial charge in [-0.15, -0.1) is 0 Å². The summed E-state index contributed by atoms with van der Waals surface area (Å²) >= 11 is 0. The molecule has 0 aromatic heterocycles. The minimum atomic E-state index is -0.393. The molecule has 0 spiro atoms. The molecule has 17 heavy (non-hydrogen) atoms. The van der Waals surface area contributed by atoms with Crippen LogP contribution < -0.4 is 0 Å². The molecule has 1 aliphatic heterocycles. The van der Waals surface area contributed by atoms with Gasteiger partial charge in [0.05, 0.1) is 12.2 Å². The smallest absolute Gasteiger partial charge is 0.163 e. The van der Waals surface area contributed by atoms with Gasteiger partial charge in [0.2, 0.25) is 0 Å². The highest BCUT2D eigenvalue weighted by Crippen LogP contribution is 2.35. The number of hydrogen-bond donors (Lipinski definition) is 0. The van der Waals surface area contributed by atoms with Gasteiger partial charge in [0.1, 0.15) is 0 Å². The van der Waals surface area contributed by atoms with Gasteiger partial charge in [-0.25, -0.2) is 0 Å². The van der Waals surface area contributed by atoms with Crippen LogP contribution in [0, 0.1) is 11.8 Å². The maximum atomic E-state index is 6.06. The van der Waals surface area contributed by atoms with E-state index in [1.165, 1.54) is 12.8 Å². The maximum absolute atomic E-state index is 6.06. The van der Waals surface area contributed by atoms with Gasteiger partial charge in [-0.1, -0.05) is 40.5 Å². The van der Waals surface area contributed by atoms with E-state index in [2.05, 4.69) is 27.7 Å². The molecule has 0 bridgehead atoms. The molecule has 1 aliphatic rings. The second kappa shape index (κ2) is 6.19. The van der Waals surface area contributed by atoms with Crippen LogP contribution in [-0.4, -0.2) is 18.0 Å². The lowest BCUT2D eigenvalue weighted by Crippen LogP contribution is -2.26. The van der Waals surface area contributed by atoms with Crippen molar-refractivity contribution in [3.05, 3.63) is 0 Å². The Morgan fingerprint density at radius 1 is 0.882 bits per heavy atom. The van der Waals surface area contributed by atoms with Crippen molar-refractivity contribution in [2.24, 2.45) is 11.8 Å². The molecule has 0 saturated carbocycles. The molecule has 4 atom stereocenters. The molecule has 0 radical (unpaired) electrons. The lowest BCUT2D eigenvalue weighted by atomic mass is 9.92. The van der Waals surface area contributed by atoms with Crippen molar-refractivity contribution in [1.82, 2.24) is 0 Å². The molecular formula is C15H30O2. The molecule has 1 heterocycles. The first kappa shape index (κ1) is 15.0. The largest absolute Gasteiger partial charge is 0.345 e. The van der Waals surface area contributed by atoms with Gasteiger partial charge >= 0.3 is 0 Å². The molecular weight excluding hydrogens is 212 g/mol. The Labute approximate surface area is 107 Å². The Kier molecular flexibility index (Phi) is 5.46. The molecule has 0 aromatic rings. The average Bonchev–Trinajstić information content (AvgIpc) is 2.52. The summed E-state index contributed by atoms with van der Waals surface area (Å²) in [5.41, 5.74) is 0. The van der Waals surface area contributed by atoms with Crippen LogP contribution in [0.4, 0.5) is 0 Å². The quantitative estimate of drug-likeness (QED) is 0.688. The number of hydrogen-bond acceptors (Lipinski definition) is 2. The van der Waals surface area contributed by atoms with E-state index < -0.39 is 5.79 Å². The van der Waals surface area contributed by atoms with Crippen molar-refractivity contribution >= 4 is 0 Å². The summed E-state index contributed by atoms with van der Waals surface area (Å²) in [6.45, 7) is 13.2. The second-order valence-electron chi connectivity index (χ2n) is 6.21. The summed E-state index contributed by atoms with van der Waals surface area (Å²) in [6, 6.07) is 0. The van der Waals surface area contributed by atoms with Gasteiger partial charge in [0.15, 0.2) is 5.79 Å². The van der Waals surface area contributed by atoms with Crippen molar-refractivity contribution in [1.29, 1.82) is 0 Å². The van der Waals surface area contributed by atoms with Crippen LogP contribution in [0.15, 0.2) is 0 Å². The lowest BCUT2D eigenvalue weighted by Gasteiger charge is -2.21. The highest BCUT2D eigenvalue weighted by molar-refractivity contribution is 4.83. The molecule has 102 valence electrons. The van der Waals surface area contributed by atoms with Crippen molar-refractivity contribution in [3.8, 4) is 0 Å². The highest BCUT2D eigenvalue weighted by atomic mass is 16.7. The maximum Gasteiger partial charge on any atom is 0.163 e. The second-order valence-corrected chi connectivity index (χ2v) is 6.21. The fraction of sp³-hybridized carbons (Fsp3) is 1.00. The van der Waals surface area contributed by atoms with E-state index in [4.69, 9.17) is 9.47 Å². The van der Waals surface area contributed by atoms with Gasteiger partial charge in [-0.2, -0.15) is 0 Å². The summed E-state index contributed by atoms with van der Waals surface area (Å²) in [5.74, 6) is 1.05. The van der Waals surface area contributed by atoms with E-state index in [-0.39, 0.29) is 12.2 Å². The summed E-state index contributed by atoms with van der Waals surface area (Å²) in [5, 5.41) is 0. The van der Waals surface area contributed by atoms with Gasteiger partial charge in [-0.3, -0.25) is 0 Å². The Bertz CT molecular complexity index is 203. The fourth-order valence-electron chi connectivity index (χ4n) is 2.43. The predicted molar refractivity (Wildman–Crippen MR) is 72.0 cm³/mol. The Morgan fingerprint density at radius 3 is 1.53 bits per heavy atom. The third kappa shape index (κ3) is 4.59. The first-order valence-corrected chi connectivity index (χ1v) is 7.23. The average molecular weight is 242 g/mol. The number of ether oxygens (including phenoxy) is 2.